The summed E-state index contributed by atoms with van der Waals surface area (Å²) >= 11 is 0. The minimum absolute atomic E-state index is 0.153. The molecule has 5 nitrogen and oxygen atoms in total. The fraction of sp³-hybridized carbons (Fsp3) is 0.867. The van der Waals surface area contributed by atoms with Crippen molar-refractivity contribution < 1.29 is 24.2 Å². The quantitative estimate of drug-likeness (QED) is 0.416. The van der Waals surface area contributed by atoms with E-state index in [1.165, 1.54) is 0 Å². The average molecular weight is 288 g/mol. The molecule has 1 N–H and O–H groups in total. The highest BCUT2D eigenvalue weighted by molar-refractivity contribution is 5.69. The van der Waals surface area contributed by atoms with E-state index in [0.29, 0.717) is 26.1 Å². The summed E-state index contributed by atoms with van der Waals surface area (Å²) in [5.74, 6) is -0.313. The van der Waals surface area contributed by atoms with Gasteiger partial charge in [-0.15, -0.1) is 0 Å². The van der Waals surface area contributed by atoms with Crippen LogP contribution in [0.2, 0.25) is 0 Å². The van der Waals surface area contributed by atoms with E-state index in [9.17, 15) is 9.59 Å². The highest BCUT2D eigenvalue weighted by Crippen LogP contribution is 2.05. The van der Waals surface area contributed by atoms with Gasteiger partial charge in [0.2, 0.25) is 0 Å². The molecule has 0 aliphatic heterocycles. The molecule has 0 unspecified atom stereocenters. The Morgan fingerprint density at radius 3 is 1.95 bits per heavy atom. The monoisotopic (exact) mass is 288 g/mol. The third kappa shape index (κ3) is 13.3. The number of aliphatic hydroxyl groups is 1. The van der Waals surface area contributed by atoms with Crippen LogP contribution in [-0.4, -0.2) is 36.9 Å². The second-order valence-electron chi connectivity index (χ2n) is 4.72. The van der Waals surface area contributed by atoms with E-state index in [-0.39, 0.29) is 18.5 Å². The summed E-state index contributed by atoms with van der Waals surface area (Å²) in [6.45, 7) is 2.87. The number of carbonyl (C=O) groups excluding carboxylic acids is 2. The third-order valence-electron chi connectivity index (χ3n) is 2.88. The van der Waals surface area contributed by atoms with E-state index in [0.717, 1.165) is 44.9 Å². The van der Waals surface area contributed by atoms with E-state index < -0.39 is 0 Å². The van der Waals surface area contributed by atoms with Gasteiger partial charge in [-0.05, 0) is 39.0 Å². The van der Waals surface area contributed by atoms with E-state index in [2.05, 4.69) is 0 Å². The van der Waals surface area contributed by atoms with Crippen LogP contribution in [0.5, 0.6) is 0 Å². The Morgan fingerprint density at radius 2 is 1.35 bits per heavy atom. The molecule has 0 saturated carbocycles. The number of esters is 2. The molecular weight excluding hydrogens is 260 g/mol. The van der Waals surface area contributed by atoms with Crippen LogP contribution >= 0.6 is 0 Å². The molecule has 0 aromatic heterocycles. The molecule has 0 aliphatic carbocycles. The maximum absolute atomic E-state index is 11.4. The van der Waals surface area contributed by atoms with Crippen molar-refractivity contribution in [2.75, 3.05) is 19.8 Å². The molecule has 0 amide bonds. The van der Waals surface area contributed by atoms with Gasteiger partial charge >= 0.3 is 11.9 Å². The van der Waals surface area contributed by atoms with E-state index in [1.54, 1.807) is 6.92 Å². The number of carbonyl (C=O) groups is 2. The van der Waals surface area contributed by atoms with Gasteiger partial charge in [0.05, 0.1) is 13.2 Å². The molecular formula is C15H28O5. The second kappa shape index (κ2) is 14.3. The number of rotatable bonds is 13. The first-order valence-electron chi connectivity index (χ1n) is 7.62. The lowest BCUT2D eigenvalue weighted by Gasteiger charge is -2.05. The van der Waals surface area contributed by atoms with Crippen molar-refractivity contribution in [1.82, 2.24) is 0 Å². The topological polar surface area (TPSA) is 72.8 Å². The zero-order valence-corrected chi connectivity index (χ0v) is 12.6. The summed E-state index contributed by atoms with van der Waals surface area (Å²) in [6, 6.07) is 0. The fourth-order valence-corrected chi connectivity index (χ4v) is 1.77. The van der Waals surface area contributed by atoms with Crippen LogP contribution in [0.1, 0.15) is 64.7 Å². The molecule has 0 aromatic rings. The minimum Gasteiger partial charge on any atom is -0.466 e. The Labute approximate surface area is 121 Å². The lowest BCUT2D eigenvalue weighted by molar-refractivity contribution is -0.145. The standard InChI is InChI=1S/C15H28O5/c1-2-19-14(17)10-7-5-9-13-20-15(18)11-6-3-4-8-12-16/h16H,2-13H2,1H3. The van der Waals surface area contributed by atoms with Gasteiger partial charge in [-0.2, -0.15) is 0 Å². The average Bonchev–Trinajstić information content (AvgIpc) is 2.42. The van der Waals surface area contributed by atoms with Crippen LogP contribution in [-0.2, 0) is 19.1 Å². The first-order chi connectivity index (χ1) is 9.70. The number of ether oxygens (including phenoxy) is 2. The Bertz CT molecular complexity index is 253. The van der Waals surface area contributed by atoms with Crippen LogP contribution in [0, 0.1) is 0 Å². The predicted octanol–water partition coefficient (Wildman–Crippen LogP) is 2.60. The summed E-state index contributed by atoms with van der Waals surface area (Å²) < 4.78 is 9.92. The SMILES string of the molecule is CCOC(=O)CCCCCOC(=O)CCCCCCO. The smallest absolute Gasteiger partial charge is 0.305 e. The minimum atomic E-state index is -0.160. The molecule has 0 radical (unpaired) electrons. The number of hydrogen-bond donors (Lipinski definition) is 1. The van der Waals surface area contributed by atoms with Gasteiger partial charge in [0.25, 0.3) is 0 Å². The van der Waals surface area contributed by atoms with E-state index in [4.69, 9.17) is 14.6 Å². The van der Waals surface area contributed by atoms with Crippen LogP contribution < -0.4 is 0 Å². The summed E-state index contributed by atoms with van der Waals surface area (Å²) in [7, 11) is 0. The van der Waals surface area contributed by atoms with Crippen LogP contribution in [0.4, 0.5) is 0 Å². The van der Waals surface area contributed by atoms with Crippen molar-refractivity contribution in [3.63, 3.8) is 0 Å². The van der Waals surface area contributed by atoms with Crippen molar-refractivity contribution >= 4 is 11.9 Å². The van der Waals surface area contributed by atoms with Gasteiger partial charge in [0, 0.05) is 19.4 Å². The summed E-state index contributed by atoms with van der Waals surface area (Å²) in [6.07, 6.45) is 6.85. The molecule has 0 fully saturated rings. The molecule has 0 aromatic carbocycles. The van der Waals surface area contributed by atoms with Crippen LogP contribution in [0.25, 0.3) is 0 Å². The predicted molar refractivity (Wildman–Crippen MR) is 76.2 cm³/mol. The Hall–Kier alpha value is -1.10. The van der Waals surface area contributed by atoms with Crippen LogP contribution in [0.15, 0.2) is 0 Å². The second-order valence-corrected chi connectivity index (χ2v) is 4.72. The number of aliphatic hydroxyl groups excluding tert-OH is 1. The molecule has 20 heavy (non-hydrogen) atoms. The third-order valence-corrected chi connectivity index (χ3v) is 2.88. The molecule has 5 heteroatoms. The lowest BCUT2D eigenvalue weighted by atomic mass is 10.1. The molecule has 0 bridgehead atoms. The maximum atomic E-state index is 11.4. The lowest BCUT2D eigenvalue weighted by Crippen LogP contribution is -2.06. The summed E-state index contributed by atoms with van der Waals surface area (Å²) in [4.78, 5) is 22.4. The van der Waals surface area contributed by atoms with Gasteiger partial charge in [-0.25, -0.2) is 0 Å². The van der Waals surface area contributed by atoms with E-state index >= 15 is 0 Å². The van der Waals surface area contributed by atoms with Gasteiger partial charge in [-0.3, -0.25) is 9.59 Å². The highest BCUT2D eigenvalue weighted by Gasteiger charge is 2.03. The van der Waals surface area contributed by atoms with Crippen molar-refractivity contribution in [3.05, 3.63) is 0 Å². The molecule has 0 atom stereocenters. The van der Waals surface area contributed by atoms with Gasteiger partial charge < -0.3 is 14.6 Å². The van der Waals surface area contributed by atoms with Gasteiger partial charge in [-0.1, -0.05) is 12.8 Å². The highest BCUT2D eigenvalue weighted by atomic mass is 16.5. The Balaban J connectivity index is 3.25. The van der Waals surface area contributed by atoms with Gasteiger partial charge in [0.1, 0.15) is 0 Å². The van der Waals surface area contributed by atoms with Crippen molar-refractivity contribution in [3.8, 4) is 0 Å². The first-order valence-corrected chi connectivity index (χ1v) is 7.62. The van der Waals surface area contributed by atoms with E-state index in [1.807, 2.05) is 0 Å². The molecule has 0 saturated heterocycles. The van der Waals surface area contributed by atoms with Gasteiger partial charge in [0.15, 0.2) is 0 Å². The normalized spacial score (nSPS) is 10.3. The number of hydrogen-bond acceptors (Lipinski definition) is 5. The molecule has 0 spiro atoms. The zero-order valence-electron chi connectivity index (χ0n) is 12.6. The zero-order chi connectivity index (χ0) is 15.1. The summed E-state index contributed by atoms with van der Waals surface area (Å²) in [5, 5.41) is 8.61. The van der Waals surface area contributed by atoms with Crippen molar-refractivity contribution in [1.29, 1.82) is 0 Å². The Kier molecular flexibility index (Phi) is 13.5. The summed E-state index contributed by atoms with van der Waals surface area (Å²) in [5.41, 5.74) is 0. The largest absolute Gasteiger partial charge is 0.466 e. The molecule has 0 rings (SSSR count). The fourth-order valence-electron chi connectivity index (χ4n) is 1.77. The van der Waals surface area contributed by atoms with Crippen molar-refractivity contribution in [2.45, 2.75) is 64.7 Å². The first kappa shape index (κ1) is 18.9. The van der Waals surface area contributed by atoms with Crippen LogP contribution in [0.3, 0.4) is 0 Å². The number of unbranched alkanes of at least 4 members (excludes halogenated alkanes) is 5. The molecule has 0 heterocycles. The molecule has 118 valence electrons. The van der Waals surface area contributed by atoms with Crippen molar-refractivity contribution in [2.24, 2.45) is 0 Å². The maximum Gasteiger partial charge on any atom is 0.305 e. The Morgan fingerprint density at radius 1 is 0.800 bits per heavy atom. The molecule has 0 aliphatic rings.